The lowest BCUT2D eigenvalue weighted by Gasteiger charge is -2.36. The van der Waals surface area contributed by atoms with Crippen LogP contribution in [0.4, 0.5) is 4.79 Å². The summed E-state index contributed by atoms with van der Waals surface area (Å²) in [7, 11) is 1.71. The molecule has 1 saturated carbocycles. The Kier molecular flexibility index (Phi) is 5.27. The second kappa shape index (κ2) is 7.33. The summed E-state index contributed by atoms with van der Waals surface area (Å²) in [6.45, 7) is 6.31. The van der Waals surface area contributed by atoms with Crippen molar-refractivity contribution in [3.05, 3.63) is 34.9 Å². The third-order valence-corrected chi connectivity index (χ3v) is 6.13. The molecule has 27 heavy (non-hydrogen) atoms. The smallest absolute Gasteiger partial charge is 0.325 e. The highest BCUT2D eigenvalue weighted by Gasteiger charge is 2.55. The topological polar surface area (TPSA) is 69.7 Å². The van der Waals surface area contributed by atoms with Crippen LogP contribution in [0.25, 0.3) is 0 Å². The normalized spacial score (nSPS) is 25.0. The molecule has 1 aromatic rings. The number of carbonyl (C=O) groups is 3. The summed E-state index contributed by atoms with van der Waals surface area (Å²) < 4.78 is 0. The van der Waals surface area contributed by atoms with Gasteiger partial charge in [-0.25, -0.2) is 4.79 Å². The zero-order valence-corrected chi connectivity index (χ0v) is 16.7. The minimum atomic E-state index is -0.818. The molecule has 1 aliphatic heterocycles. The minimum Gasteiger partial charge on any atom is -0.340 e. The highest BCUT2D eigenvalue weighted by molar-refractivity contribution is 6.09. The molecule has 1 aliphatic carbocycles. The first kappa shape index (κ1) is 19.4. The van der Waals surface area contributed by atoms with Gasteiger partial charge in [-0.2, -0.15) is 0 Å². The highest BCUT2D eigenvalue weighted by Crippen LogP contribution is 2.38. The van der Waals surface area contributed by atoms with Gasteiger partial charge in [0.1, 0.15) is 12.1 Å². The number of urea groups is 1. The van der Waals surface area contributed by atoms with Gasteiger partial charge < -0.3 is 10.2 Å². The number of amides is 4. The highest BCUT2D eigenvalue weighted by atomic mass is 16.2. The van der Waals surface area contributed by atoms with E-state index >= 15 is 0 Å². The van der Waals surface area contributed by atoms with Gasteiger partial charge in [-0.1, -0.05) is 43.5 Å². The molecular weight excluding hydrogens is 342 g/mol. The van der Waals surface area contributed by atoms with Crippen molar-refractivity contribution >= 4 is 17.8 Å². The summed E-state index contributed by atoms with van der Waals surface area (Å²) in [4.78, 5) is 40.8. The molecule has 2 fully saturated rings. The maximum Gasteiger partial charge on any atom is 0.325 e. The molecule has 1 aromatic carbocycles. The molecular formula is C21H29N3O3. The van der Waals surface area contributed by atoms with Gasteiger partial charge in [0.2, 0.25) is 5.91 Å². The fourth-order valence-corrected chi connectivity index (χ4v) is 4.26. The maximum atomic E-state index is 13.0. The molecule has 3 rings (SSSR count). The van der Waals surface area contributed by atoms with Crippen LogP contribution in [0, 0.1) is 19.8 Å². The first-order valence-electron chi connectivity index (χ1n) is 9.69. The summed E-state index contributed by atoms with van der Waals surface area (Å²) in [5.41, 5.74) is 2.55. The number of benzene rings is 1. The fourth-order valence-electron chi connectivity index (χ4n) is 4.26. The third-order valence-electron chi connectivity index (χ3n) is 6.13. The number of likely N-dealkylation sites (N-methyl/N-ethyl adjacent to an activating group) is 1. The van der Waals surface area contributed by atoms with E-state index in [1.807, 2.05) is 32.9 Å². The first-order valence-corrected chi connectivity index (χ1v) is 9.69. The second-order valence-electron chi connectivity index (χ2n) is 8.12. The summed E-state index contributed by atoms with van der Waals surface area (Å²) in [5, 5.41) is 2.89. The molecule has 6 nitrogen and oxygen atoms in total. The van der Waals surface area contributed by atoms with E-state index in [1.54, 1.807) is 11.9 Å². The van der Waals surface area contributed by atoms with E-state index in [1.165, 1.54) is 5.56 Å². The van der Waals surface area contributed by atoms with Crippen molar-refractivity contribution in [3.8, 4) is 0 Å². The van der Waals surface area contributed by atoms with Crippen LogP contribution in [0.5, 0.6) is 0 Å². The molecule has 4 amide bonds. The molecule has 2 atom stereocenters. The lowest BCUT2D eigenvalue weighted by Crippen LogP contribution is -2.54. The molecule has 1 heterocycles. The quantitative estimate of drug-likeness (QED) is 0.828. The van der Waals surface area contributed by atoms with Crippen molar-refractivity contribution in [2.45, 2.75) is 58.5 Å². The van der Waals surface area contributed by atoms with Crippen molar-refractivity contribution in [2.24, 2.45) is 5.92 Å². The second-order valence-corrected chi connectivity index (χ2v) is 8.12. The molecule has 6 heteroatoms. The van der Waals surface area contributed by atoms with Crippen LogP contribution in [0.2, 0.25) is 0 Å². The largest absolute Gasteiger partial charge is 0.340 e. The molecule has 0 unspecified atom stereocenters. The molecule has 2 aliphatic rings. The predicted octanol–water partition coefficient (Wildman–Crippen LogP) is 2.76. The summed E-state index contributed by atoms with van der Waals surface area (Å²) in [5.74, 6) is -0.386. The first-order chi connectivity index (χ1) is 12.7. The van der Waals surface area contributed by atoms with Gasteiger partial charge in [-0.15, -0.1) is 0 Å². The number of nitrogens with one attached hydrogen (secondary N) is 1. The minimum absolute atomic E-state index is 0.0933. The number of nitrogens with zero attached hydrogens (tertiary/aromatic N) is 2. The Morgan fingerprint density at radius 3 is 2.70 bits per heavy atom. The van der Waals surface area contributed by atoms with Crippen molar-refractivity contribution in [2.75, 3.05) is 13.6 Å². The molecule has 1 N–H and O–H groups in total. The van der Waals surface area contributed by atoms with Crippen molar-refractivity contribution in [1.82, 2.24) is 15.1 Å². The number of aryl methyl sites for hydroxylation is 2. The average Bonchev–Trinajstić information content (AvgIpc) is 2.85. The number of hydrogen-bond donors (Lipinski definition) is 1. The lowest BCUT2D eigenvalue weighted by atomic mass is 9.73. The summed E-state index contributed by atoms with van der Waals surface area (Å²) in [6, 6.07) is 5.67. The Bertz CT molecular complexity index is 776. The van der Waals surface area contributed by atoms with E-state index in [9.17, 15) is 14.4 Å². The lowest BCUT2D eigenvalue weighted by molar-refractivity contribution is -0.140. The number of carbonyl (C=O) groups excluding carboxylic acids is 3. The van der Waals surface area contributed by atoms with Gasteiger partial charge in [0, 0.05) is 13.6 Å². The molecule has 146 valence electrons. The number of imide groups is 1. The van der Waals surface area contributed by atoms with Crippen LogP contribution in [-0.2, 0) is 16.1 Å². The monoisotopic (exact) mass is 371 g/mol. The summed E-state index contributed by atoms with van der Waals surface area (Å²) in [6.07, 6.45) is 3.57. The molecule has 0 bridgehead atoms. The van der Waals surface area contributed by atoms with Crippen LogP contribution in [0.1, 0.15) is 49.3 Å². The van der Waals surface area contributed by atoms with Crippen molar-refractivity contribution < 1.29 is 14.4 Å². The van der Waals surface area contributed by atoms with E-state index in [4.69, 9.17) is 0 Å². The fraction of sp³-hybridized carbons (Fsp3) is 0.571. The van der Waals surface area contributed by atoms with E-state index in [0.29, 0.717) is 13.0 Å². The average molecular weight is 371 g/mol. The van der Waals surface area contributed by atoms with E-state index in [0.717, 1.165) is 35.3 Å². The SMILES string of the molecule is Cc1ccc(CN(C)C(=O)CN2C(=O)N[C@]3(CCCC[C@H]3C)C2=O)c(C)c1. The van der Waals surface area contributed by atoms with Gasteiger partial charge in [-0.05, 0) is 43.7 Å². The molecule has 0 radical (unpaired) electrons. The molecule has 1 saturated heterocycles. The Hall–Kier alpha value is -2.37. The van der Waals surface area contributed by atoms with Gasteiger partial charge in [0.15, 0.2) is 0 Å². The number of rotatable bonds is 4. The van der Waals surface area contributed by atoms with Crippen LogP contribution in [0.15, 0.2) is 18.2 Å². The van der Waals surface area contributed by atoms with Gasteiger partial charge >= 0.3 is 6.03 Å². The van der Waals surface area contributed by atoms with E-state index in [2.05, 4.69) is 11.4 Å². The van der Waals surface area contributed by atoms with Crippen molar-refractivity contribution in [1.29, 1.82) is 0 Å². The van der Waals surface area contributed by atoms with E-state index < -0.39 is 11.6 Å². The Labute approximate surface area is 160 Å². The standard InChI is InChI=1S/C21H29N3O3/c1-14-8-9-17(15(2)11-14)12-23(4)18(25)13-24-19(26)21(22-20(24)27)10-6-5-7-16(21)3/h8-9,11,16H,5-7,10,12-13H2,1-4H3,(H,22,27)/t16-,21+/m1/s1. The third kappa shape index (κ3) is 3.57. The van der Waals surface area contributed by atoms with Crippen LogP contribution in [-0.4, -0.2) is 46.8 Å². The van der Waals surface area contributed by atoms with Gasteiger partial charge in [0.25, 0.3) is 5.91 Å². The zero-order valence-electron chi connectivity index (χ0n) is 16.7. The molecule has 0 aromatic heterocycles. The molecule has 1 spiro atoms. The maximum absolute atomic E-state index is 13.0. The Morgan fingerprint density at radius 1 is 1.30 bits per heavy atom. The van der Waals surface area contributed by atoms with Crippen LogP contribution >= 0.6 is 0 Å². The van der Waals surface area contributed by atoms with E-state index in [-0.39, 0.29) is 24.3 Å². The van der Waals surface area contributed by atoms with Crippen LogP contribution in [0.3, 0.4) is 0 Å². The van der Waals surface area contributed by atoms with Gasteiger partial charge in [-0.3, -0.25) is 14.5 Å². The summed E-state index contributed by atoms with van der Waals surface area (Å²) >= 11 is 0. The zero-order chi connectivity index (χ0) is 19.8. The van der Waals surface area contributed by atoms with Crippen LogP contribution < -0.4 is 5.32 Å². The number of hydrogen-bond acceptors (Lipinski definition) is 3. The predicted molar refractivity (Wildman–Crippen MR) is 103 cm³/mol. The Morgan fingerprint density at radius 2 is 2.04 bits per heavy atom. The Balaban J connectivity index is 1.68. The van der Waals surface area contributed by atoms with Crippen molar-refractivity contribution in [3.63, 3.8) is 0 Å². The van der Waals surface area contributed by atoms with Gasteiger partial charge in [0.05, 0.1) is 0 Å².